The Kier molecular flexibility index (Phi) is 5.76. The number of ketones is 1. The first-order chi connectivity index (χ1) is 14.9. The molecule has 2 bridgehead atoms. The molecular formula is C23H29NO8. The quantitative estimate of drug-likeness (QED) is 0.497. The normalized spacial score (nSPS) is 25.8. The van der Waals surface area contributed by atoms with Crippen molar-refractivity contribution >= 4 is 17.7 Å². The van der Waals surface area contributed by atoms with Crippen LogP contribution in [0.4, 0.5) is 0 Å². The summed E-state index contributed by atoms with van der Waals surface area (Å²) in [5.41, 5.74) is -3.64. The van der Waals surface area contributed by atoms with Crippen LogP contribution in [-0.2, 0) is 19.1 Å². The Balaban J connectivity index is 2.32. The molecule has 9 heteroatoms. The number of carbonyl (C=O) groups is 3. The van der Waals surface area contributed by atoms with E-state index in [0.29, 0.717) is 5.75 Å². The highest BCUT2D eigenvalue weighted by Crippen LogP contribution is 2.50. The highest BCUT2D eigenvalue weighted by atomic mass is 16.6. The van der Waals surface area contributed by atoms with Crippen LogP contribution < -0.4 is 19.5 Å². The second-order valence-electron chi connectivity index (χ2n) is 8.49. The third kappa shape index (κ3) is 3.14. The average molecular weight is 447 g/mol. The molecule has 0 saturated carbocycles. The van der Waals surface area contributed by atoms with Crippen molar-refractivity contribution in [3.63, 3.8) is 0 Å². The van der Waals surface area contributed by atoms with Crippen LogP contribution in [0.15, 0.2) is 23.3 Å². The maximum absolute atomic E-state index is 13.9. The number of benzene rings is 1. The number of cyclic esters (lactones) is 1. The lowest BCUT2D eigenvalue weighted by Gasteiger charge is -2.48. The molecule has 174 valence electrons. The summed E-state index contributed by atoms with van der Waals surface area (Å²) in [7, 11) is 4.32. The van der Waals surface area contributed by atoms with Crippen molar-refractivity contribution in [1.82, 2.24) is 5.32 Å². The monoisotopic (exact) mass is 447 g/mol. The van der Waals surface area contributed by atoms with E-state index in [0.717, 1.165) is 0 Å². The van der Waals surface area contributed by atoms with Gasteiger partial charge in [0, 0.05) is 11.1 Å². The molecule has 2 atom stereocenters. The minimum atomic E-state index is -1.55. The van der Waals surface area contributed by atoms with E-state index in [1.165, 1.54) is 40.4 Å². The fourth-order valence-corrected chi connectivity index (χ4v) is 4.37. The minimum absolute atomic E-state index is 0.0247. The summed E-state index contributed by atoms with van der Waals surface area (Å²) >= 11 is 0. The van der Waals surface area contributed by atoms with Gasteiger partial charge >= 0.3 is 11.9 Å². The summed E-state index contributed by atoms with van der Waals surface area (Å²) in [5, 5.41) is 3.20. The Labute approximate surface area is 187 Å². The fourth-order valence-electron chi connectivity index (χ4n) is 4.37. The van der Waals surface area contributed by atoms with Crippen LogP contribution in [0.3, 0.4) is 0 Å². The molecule has 1 fully saturated rings. The van der Waals surface area contributed by atoms with Gasteiger partial charge in [-0.05, 0) is 46.8 Å². The molecule has 0 amide bonds. The second-order valence-corrected chi connectivity index (χ2v) is 8.49. The Hall–Kier alpha value is -3.07. The minimum Gasteiger partial charge on any atom is -0.493 e. The average Bonchev–Trinajstić information content (AvgIpc) is 2.98. The molecule has 1 saturated heterocycles. The molecule has 0 aliphatic carbocycles. The number of Topliss-reactive ketones (excluding diaryl/α,β-unsaturated/α-hetero) is 1. The molecule has 1 aromatic carbocycles. The first-order valence-electron chi connectivity index (χ1n) is 10.2. The lowest BCUT2D eigenvalue weighted by atomic mass is 9.77. The van der Waals surface area contributed by atoms with Crippen LogP contribution in [0, 0.1) is 0 Å². The number of hydrogen-bond acceptors (Lipinski definition) is 9. The van der Waals surface area contributed by atoms with Crippen LogP contribution in [0.5, 0.6) is 17.2 Å². The Morgan fingerprint density at radius 3 is 2.00 bits per heavy atom. The van der Waals surface area contributed by atoms with Gasteiger partial charge in [0.25, 0.3) is 0 Å². The van der Waals surface area contributed by atoms with Crippen molar-refractivity contribution in [2.75, 3.05) is 27.9 Å². The highest BCUT2D eigenvalue weighted by molar-refractivity contribution is 6.20. The van der Waals surface area contributed by atoms with Crippen LogP contribution in [0.2, 0.25) is 0 Å². The summed E-state index contributed by atoms with van der Waals surface area (Å²) < 4.78 is 27.0. The van der Waals surface area contributed by atoms with Crippen molar-refractivity contribution in [2.24, 2.45) is 0 Å². The van der Waals surface area contributed by atoms with Gasteiger partial charge in [0.1, 0.15) is 11.1 Å². The molecule has 2 aliphatic heterocycles. The zero-order valence-electron chi connectivity index (χ0n) is 19.6. The lowest BCUT2D eigenvalue weighted by molar-refractivity contribution is -0.180. The van der Waals surface area contributed by atoms with Crippen molar-refractivity contribution in [3.05, 3.63) is 28.8 Å². The largest absolute Gasteiger partial charge is 0.493 e. The van der Waals surface area contributed by atoms with Crippen molar-refractivity contribution in [3.8, 4) is 17.2 Å². The number of carbonyl (C=O) groups excluding carboxylic acids is 3. The first kappa shape index (κ1) is 23.6. The van der Waals surface area contributed by atoms with E-state index in [1.54, 1.807) is 27.7 Å². The van der Waals surface area contributed by atoms with Crippen LogP contribution in [0.1, 0.15) is 45.0 Å². The van der Waals surface area contributed by atoms with Gasteiger partial charge in [-0.1, -0.05) is 0 Å². The lowest BCUT2D eigenvalue weighted by Crippen LogP contribution is -2.71. The van der Waals surface area contributed by atoms with Crippen molar-refractivity contribution in [1.29, 1.82) is 0 Å². The number of nitrogens with one attached hydrogen (secondary N) is 1. The SMILES string of the molecule is CCOC(=O)C1=C(C(=O)c2cc(OC)c(OC)c(OC)c2)C2(C)NC1(C)C(C)(C)OC2=O. The fraction of sp³-hybridized carbons (Fsp3) is 0.522. The summed E-state index contributed by atoms with van der Waals surface area (Å²) in [6, 6.07) is 2.95. The topological polar surface area (TPSA) is 109 Å². The molecule has 2 heterocycles. The summed E-state index contributed by atoms with van der Waals surface area (Å²) in [6.45, 7) is 8.40. The number of rotatable bonds is 7. The third-order valence-electron chi connectivity index (χ3n) is 6.34. The first-order valence-corrected chi connectivity index (χ1v) is 10.2. The van der Waals surface area contributed by atoms with E-state index >= 15 is 0 Å². The predicted molar refractivity (Wildman–Crippen MR) is 114 cm³/mol. The standard InChI is InChI=1S/C23H29NO8/c1-9-31-19(26)16-15(22(4)20(27)32-21(2,3)23(16,5)24-22)17(25)12-10-13(28-6)18(30-8)14(11-12)29-7/h10-11,24H,9H2,1-8H3. The van der Waals surface area contributed by atoms with Gasteiger partial charge in [-0.2, -0.15) is 0 Å². The number of ether oxygens (including phenoxy) is 5. The number of fused-ring (bicyclic) bond motifs is 2. The van der Waals surface area contributed by atoms with E-state index in [-0.39, 0.29) is 34.8 Å². The molecule has 2 unspecified atom stereocenters. The molecule has 9 nitrogen and oxygen atoms in total. The van der Waals surface area contributed by atoms with Gasteiger partial charge in [0.2, 0.25) is 5.75 Å². The molecule has 0 radical (unpaired) electrons. The van der Waals surface area contributed by atoms with E-state index in [2.05, 4.69) is 5.32 Å². The van der Waals surface area contributed by atoms with Gasteiger partial charge in [-0.15, -0.1) is 0 Å². The smallest absolute Gasteiger partial charge is 0.336 e. The molecule has 1 N–H and O–H groups in total. The van der Waals surface area contributed by atoms with E-state index < -0.39 is 34.4 Å². The van der Waals surface area contributed by atoms with E-state index in [9.17, 15) is 14.4 Å². The molecule has 0 aromatic heterocycles. The maximum Gasteiger partial charge on any atom is 0.336 e. The molecule has 2 aliphatic rings. The van der Waals surface area contributed by atoms with Gasteiger partial charge in [-0.25, -0.2) is 9.59 Å². The Bertz CT molecular complexity index is 1000. The number of morpholine rings is 1. The number of hydrogen-bond donors (Lipinski definition) is 1. The van der Waals surface area contributed by atoms with E-state index in [1.807, 2.05) is 0 Å². The van der Waals surface area contributed by atoms with Gasteiger partial charge in [0.05, 0.1) is 39.0 Å². The zero-order chi connectivity index (χ0) is 24.1. The molecule has 32 heavy (non-hydrogen) atoms. The predicted octanol–water partition coefficient (Wildman–Crippen LogP) is 2.21. The van der Waals surface area contributed by atoms with E-state index in [4.69, 9.17) is 23.7 Å². The van der Waals surface area contributed by atoms with Gasteiger partial charge < -0.3 is 23.7 Å². The molecule has 0 spiro atoms. The Morgan fingerprint density at radius 1 is 0.969 bits per heavy atom. The van der Waals surface area contributed by atoms with Crippen LogP contribution in [-0.4, -0.2) is 62.3 Å². The highest BCUT2D eigenvalue weighted by Gasteiger charge is 2.68. The van der Waals surface area contributed by atoms with Crippen molar-refractivity contribution in [2.45, 2.75) is 51.3 Å². The molecular weight excluding hydrogens is 418 g/mol. The van der Waals surface area contributed by atoms with Crippen LogP contribution >= 0.6 is 0 Å². The maximum atomic E-state index is 13.9. The van der Waals surface area contributed by atoms with Gasteiger partial charge in [0.15, 0.2) is 17.3 Å². The molecule has 3 rings (SSSR count). The third-order valence-corrected chi connectivity index (χ3v) is 6.34. The number of esters is 2. The Morgan fingerprint density at radius 2 is 1.53 bits per heavy atom. The molecule has 1 aromatic rings. The summed E-state index contributed by atoms with van der Waals surface area (Å²) in [4.78, 5) is 40.1. The van der Waals surface area contributed by atoms with Crippen molar-refractivity contribution < 1.29 is 38.1 Å². The second kappa shape index (κ2) is 7.81. The summed E-state index contributed by atoms with van der Waals surface area (Å²) in [6.07, 6.45) is 0. The summed E-state index contributed by atoms with van der Waals surface area (Å²) in [5.74, 6) is -1.05. The van der Waals surface area contributed by atoms with Gasteiger partial charge in [-0.3, -0.25) is 10.1 Å². The zero-order valence-corrected chi connectivity index (χ0v) is 19.6. The van der Waals surface area contributed by atoms with Crippen LogP contribution in [0.25, 0.3) is 0 Å². The number of methoxy groups -OCH3 is 3.